The highest BCUT2D eigenvalue weighted by atomic mass is 16.5. The van der Waals surface area contributed by atoms with Gasteiger partial charge in [0.05, 0.1) is 39.5 Å². The average Bonchev–Trinajstić information content (AvgIpc) is 2.87. The fraction of sp³-hybridized carbons (Fsp3) is 0.348. The van der Waals surface area contributed by atoms with Gasteiger partial charge in [0.25, 0.3) is 5.88 Å². The van der Waals surface area contributed by atoms with Crippen LogP contribution in [-0.4, -0.2) is 75.5 Å². The molecule has 0 unspecified atom stereocenters. The molecule has 1 N–H and O–H groups in total. The minimum atomic E-state index is -0.257. The molecule has 2 heterocycles. The van der Waals surface area contributed by atoms with Gasteiger partial charge in [0, 0.05) is 50.1 Å². The number of hydrogen-bond acceptors (Lipinski definition) is 8. The third-order valence-corrected chi connectivity index (χ3v) is 5.54. The van der Waals surface area contributed by atoms with E-state index in [4.69, 9.17) is 18.9 Å². The predicted molar refractivity (Wildman–Crippen MR) is 125 cm³/mol. The molecular weight excluding hydrogens is 426 g/mol. The Bertz CT molecular complexity index is 1150. The molecule has 2 aromatic carbocycles. The third-order valence-electron chi connectivity index (χ3n) is 5.54. The van der Waals surface area contributed by atoms with E-state index in [0.717, 1.165) is 11.4 Å². The van der Waals surface area contributed by atoms with E-state index < -0.39 is 0 Å². The second-order valence-corrected chi connectivity index (χ2v) is 7.38. The highest BCUT2D eigenvalue weighted by molar-refractivity contribution is 5.91. The molecule has 1 aromatic heterocycles. The molecule has 1 saturated heterocycles. The van der Waals surface area contributed by atoms with Crippen LogP contribution in [0.3, 0.4) is 0 Å². The van der Waals surface area contributed by atoms with Gasteiger partial charge in [-0.1, -0.05) is 6.07 Å². The number of amides is 2. The standard InChI is InChI=1S/C23H27N5O5/c1-30-16-7-5-6-15(12-16)27-8-10-28(11-9-27)23(29)26-21-22(33-4)25-18-14-20(32-3)19(31-2)13-17(18)24-21/h5-7,12-14H,8-11H2,1-4H3,(H,24,26,29). The van der Waals surface area contributed by atoms with Gasteiger partial charge in [0.15, 0.2) is 17.3 Å². The summed E-state index contributed by atoms with van der Waals surface area (Å²) in [5, 5.41) is 2.84. The van der Waals surface area contributed by atoms with Crippen molar-refractivity contribution in [2.24, 2.45) is 0 Å². The van der Waals surface area contributed by atoms with Gasteiger partial charge < -0.3 is 28.7 Å². The zero-order valence-electron chi connectivity index (χ0n) is 19.1. The van der Waals surface area contributed by atoms with Gasteiger partial charge in [-0.25, -0.2) is 14.8 Å². The number of benzene rings is 2. The number of anilines is 2. The smallest absolute Gasteiger partial charge is 0.323 e. The number of piperazine rings is 1. The van der Waals surface area contributed by atoms with Crippen LogP contribution in [0, 0.1) is 0 Å². The minimum Gasteiger partial charge on any atom is -0.497 e. The monoisotopic (exact) mass is 453 g/mol. The molecule has 0 bridgehead atoms. The summed E-state index contributed by atoms with van der Waals surface area (Å²) in [6.45, 7) is 2.55. The number of nitrogens with one attached hydrogen (secondary N) is 1. The number of carbonyl (C=O) groups excluding carboxylic acids is 1. The lowest BCUT2D eigenvalue weighted by molar-refractivity contribution is 0.208. The molecule has 4 rings (SSSR count). The predicted octanol–water partition coefficient (Wildman–Crippen LogP) is 3.02. The number of aromatic nitrogens is 2. The minimum absolute atomic E-state index is 0.220. The Morgan fingerprint density at radius 1 is 0.848 bits per heavy atom. The van der Waals surface area contributed by atoms with Gasteiger partial charge in [-0.15, -0.1) is 0 Å². The largest absolute Gasteiger partial charge is 0.497 e. The second-order valence-electron chi connectivity index (χ2n) is 7.38. The molecular formula is C23H27N5O5. The molecule has 33 heavy (non-hydrogen) atoms. The molecule has 2 amide bonds. The van der Waals surface area contributed by atoms with Crippen molar-refractivity contribution < 1.29 is 23.7 Å². The highest BCUT2D eigenvalue weighted by Crippen LogP contribution is 2.33. The quantitative estimate of drug-likeness (QED) is 0.608. The van der Waals surface area contributed by atoms with Gasteiger partial charge in [-0.3, -0.25) is 5.32 Å². The Morgan fingerprint density at radius 2 is 1.52 bits per heavy atom. The van der Waals surface area contributed by atoms with Crippen LogP contribution < -0.4 is 29.2 Å². The maximum atomic E-state index is 12.9. The third kappa shape index (κ3) is 4.64. The summed E-state index contributed by atoms with van der Waals surface area (Å²) in [7, 11) is 6.24. The molecule has 10 heteroatoms. The summed E-state index contributed by atoms with van der Waals surface area (Å²) in [4.78, 5) is 25.9. The van der Waals surface area contributed by atoms with Crippen molar-refractivity contribution in [3.8, 4) is 23.1 Å². The van der Waals surface area contributed by atoms with E-state index in [2.05, 4.69) is 20.2 Å². The molecule has 3 aromatic rings. The lowest BCUT2D eigenvalue weighted by Gasteiger charge is -2.36. The first-order valence-electron chi connectivity index (χ1n) is 10.5. The van der Waals surface area contributed by atoms with E-state index in [0.29, 0.717) is 48.7 Å². The van der Waals surface area contributed by atoms with Gasteiger partial charge in [0.2, 0.25) is 0 Å². The van der Waals surface area contributed by atoms with Crippen molar-refractivity contribution in [2.75, 3.05) is 64.8 Å². The lowest BCUT2D eigenvalue weighted by Crippen LogP contribution is -2.50. The van der Waals surface area contributed by atoms with E-state index in [1.807, 2.05) is 24.3 Å². The van der Waals surface area contributed by atoms with Crippen LogP contribution in [0.2, 0.25) is 0 Å². The van der Waals surface area contributed by atoms with Crippen LogP contribution in [0.15, 0.2) is 36.4 Å². The highest BCUT2D eigenvalue weighted by Gasteiger charge is 2.23. The molecule has 0 aliphatic carbocycles. The Kier molecular flexibility index (Phi) is 6.53. The van der Waals surface area contributed by atoms with Crippen LogP contribution in [-0.2, 0) is 0 Å². The van der Waals surface area contributed by atoms with Crippen molar-refractivity contribution in [2.45, 2.75) is 0 Å². The van der Waals surface area contributed by atoms with Crippen molar-refractivity contribution in [1.29, 1.82) is 0 Å². The van der Waals surface area contributed by atoms with Crippen molar-refractivity contribution in [3.05, 3.63) is 36.4 Å². The summed E-state index contributed by atoms with van der Waals surface area (Å²) >= 11 is 0. The SMILES string of the molecule is COc1cccc(N2CCN(C(=O)Nc3nc4cc(OC)c(OC)cc4nc3OC)CC2)c1. The van der Waals surface area contributed by atoms with E-state index in [1.54, 1.807) is 38.4 Å². The summed E-state index contributed by atoms with van der Waals surface area (Å²) in [5.74, 6) is 2.34. The number of urea groups is 1. The Labute approximate surface area is 192 Å². The van der Waals surface area contributed by atoms with Gasteiger partial charge in [-0.2, -0.15) is 0 Å². The van der Waals surface area contributed by atoms with Crippen LogP contribution >= 0.6 is 0 Å². The van der Waals surface area contributed by atoms with Crippen LogP contribution in [0.5, 0.6) is 23.1 Å². The number of methoxy groups -OCH3 is 4. The number of rotatable bonds is 6. The second kappa shape index (κ2) is 9.68. The molecule has 1 fully saturated rings. The van der Waals surface area contributed by atoms with E-state index in [9.17, 15) is 4.79 Å². The van der Waals surface area contributed by atoms with E-state index in [1.165, 1.54) is 7.11 Å². The zero-order chi connectivity index (χ0) is 23.4. The van der Waals surface area contributed by atoms with Gasteiger partial charge in [0.1, 0.15) is 5.75 Å². The summed E-state index contributed by atoms with van der Waals surface area (Å²) in [6.07, 6.45) is 0. The van der Waals surface area contributed by atoms with Crippen LogP contribution in [0.1, 0.15) is 0 Å². The van der Waals surface area contributed by atoms with Crippen molar-refractivity contribution >= 4 is 28.6 Å². The number of fused-ring (bicyclic) bond motifs is 1. The maximum absolute atomic E-state index is 12.9. The topological polar surface area (TPSA) is 98.3 Å². The van der Waals surface area contributed by atoms with Crippen LogP contribution in [0.25, 0.3) is 11.0 Å². The summed E-state index contributed by atoms with van der Waals surface area (Å²) in [6, 6.07) is 11.1. The zero-order valence-corrected chi connectivity index (χ0v) is 19.1. The first-order valence-corrected chi connectivity index (χ1v) is 10.5. The Morgan fingerprint density at radius 3 is 2.12 bits per heavy atom. The molecule has 1 aliphatic rings. The van der Waals surface area contributed by atoms with Crippen molar-refractivity contribution in [3.63, 3.8) is 0 Å². The fourth-order valence-corrected chi connectivity index (χ4v) is 3.75. The van der Waals surface area contributed by atoms with Gasteiger partial charge >= 0.3 is 6.03 Å². The normalized spacial score (nSPS) is 13.6. The van der Waals surface area contributed by atoms with E-state index in [-0.39, 0.29) is 17.7 Å². The number of nitrogens with zero attached hydrogens (tertiary/aromatic N) is 4. The molecule has 0 spiro atoms. The summed E-state index contributed by atoms with van der Waals surface area (Å²) in [5.41, 5.74) is 2.18. The molecule has 1 aliphatic heterocycles. The number of carbonyl (C=O) groups is 1. The summed E-state index contributed by atoms with van der Waals surface area (Å²) < 4.78 is 21.4. The maximum Gasteiger partial charge on any atom is 0.323 e. The molecule has 0 radical (unpaired) electrons. The first-order chi connectivity index (χ1) is 16.1. The lowest BCUT2D eigenvalue weighted by atomic mass is 10.2. The van der Waals surface area contributed by atoms with Crippen LogP contribution in [0.4, 0.5) is 16.3 Å². The average molecular weight is 453 g/mol. The fourth-order valence-electron chi connectivity index (χ4n) is 3.75. The van der Waals surface area contributed by atoms with E-state index >= 15 is 0 Å². The number of hydrogen-bond donors (Lipinski definition) is 1. The first kappa shape index (κ1) is 22.3. The molecule has 10 nitrogen and oxygen atoms in total. The molecule has 0 atom stereocenters. The van der Waals surface area contributed by atoms with Crippen molar-refractivity contribution in [1.82, 2.24) is 14.9 Å². The molecule has 0 saturated carbocycles. The Hall–Kier alpha value is -3.95. The van der Waals surface area contributed by atoms with Gasteiger partial charge in [-0.05, 0) is 12.1 Å². The Balaban J connectivity index is 1.48. The molecule has 174 valence electrons. The number of ether oxygens (including phenoxy) is 4.